The van der Waals surface area contributed by atoms with Crippen LogP contribution < -0.4 is 20.7 Å². The Labute approximate surface area is 172 Å². The van der Waals surface area contributed by atoms with Crippen molar-refractivity contribution in [3.63, 3.8) is 0 Å². The van der Waals surface area contributed by atoms with Crippen molar-refractivity contribution in [2.45, 2.75) is 25.8 Å². The summed E-state index contributed by atoms with van der Waals surface area (Å²) in [6, 6.07) is 15.4. The molecule has 0 saturated carbocycles. The minimum Gasteiger partial charge on any atom is -0.497 e. The third-order valence-corrected chi connectivity index (χ3v) is 5.52. The van der Waals surface area contributed by atoms with Crippen LogP contribution in [0.5, 0.6) is 5.75 Å². The molecule has 1 atom stereocenters. The standard InChI is InChI=1S/C23H29N3O3/c1-23(12-14-24-15-13-23)16-25-22(28)20(17-6-4-3-5-7-17)26-21(27)18-8-10-19(29-2)11-9-18/h3-11,20,24H,12-16H2,1-2H3,(H,25,28)(H,26,27). The Hall–Kier alpha value is -2.86. The van der Waals surface area contributed by atoms with Gasteiger partial charge >= 0.3 is 0 Å². The summed E-state index contributed by atoms with van der Waals surface area (Å²) >= 11 is 0. The maximum atomic E-state index is 13.0. The summed E-state index contributed by atoms with van der Waals surface area (Å²) in [7, 11) is 1.58. The van der Waals surface area contributed by atoms with Gasteiger partial charge in [0.2, 0.25) is 5.91 Å². The van der Waals surface area contributed by atoms with Crippen LogP contribution in [0.2, 0.25) is 0 Å². The van der Waals surface area contributed by atoms with Gasteiger partial charge in [0, 0.05) is 12.1 Å². The number of rotatable bonds is 7. The highest BCUT2D eigenvalue weighted by molar-refractivity contribution is 5.98. The Bertz CT molecular complexity index is 815. The van der Waals surface area contributed by atoms with Crippen LogP contribution in [-0.2, 0) is 4.79 Å². The van der Waals surface area contributed by atoms with Crippen molar-refractivity contribution in [3.8, 4) is 5.75 Å². The molecule has 2 amide bonds. The van der Waals surface area contributed by atoms with Gasteiger partial charge in [0.1, 0.15) is 11.8 Å². The summed E-state index contributed by atoms with van der Waals surface area (Å²) in [5, 5.41) is 9.30. The quantitative estimate of drug-likeness (QED) is 0.673. The van der Waals surface area contributed by atoms with E-state index in [1.54, 1.807) is 31.4 Å². The number of ether oxygens (including phenoxy) is 1. The Morgan fingerprint density at radius 1 is 1.07 bits per heavy atom. The molecular formula is C23H29N3O3. The van der Waals surface area contributed by atoms with Gasteiger partial charge in [-0.15, -0.1) is 0 Å². The molecule has 3 rings (SSSR count). The Morgan fingerprint density at radius 2 is 1.72 bits per heavy atom. The molecule has 0 spiro atoms. The van der Waals surface area contributed by atoms with Crippen LogP contribution in [0.1, 0.15) is 41.7 Å². The molecule has 1 fully saturated rings. The first-order valence-corrected chi connectivity index (χ1v) is 9.99. The van der Waals surface area contributed by atoms with Gasteiger partial charge < -0.3 is 20.7 Å². The molecule has 0 radical (unpaired) electrons. The van der Waals surface area contributed by atoms with E-state index in [0.29, 0.717) is 17.9 Å². The van der Waals surface area contributed by atoms with Crippen molar-refractivity contribution in [1.29, 1.82) is 0 Å². The van der Waals surface area contributed by atoms with Crippen LogP contribution in [0.25, 0.3) is 0 Å². The summed E-state index contributed by atoms with van der Waals surface area (Å²) in [5.74, 6) is 0.177. The second-order valence-electron chi connectivity index (χ2n) is 7.82. The van der Waals surface area contributed by atoms with Gasteiger partial charge in [0.15, 0.2) is 0 Å². The van der Waals surface area contributed by atoms with Gasteiger partial charge in [0.25, 0.3) is 5.91 Å². The Morgan fingerprint density at radius 3 is 2.34 bits per heavy atom. The first kappa shape index (κ1) is 20.9. The zero-order valence-corrected chi connectivity index (χ0v) is 17.0. The number of benzene rings is 2. The number of carbonyl (C=O) groups excluding carboxylic acids is 2. The summed E-state index contributed by atoms with van der Waals surface area (Å²) in [6.07, 6.45) is 2.03. The average Bonchev–Trinajstić information content (AvgIpc) is 2.77. The maximum absolute atomic E-state index is 13.0. The van der Waals surface area contributed by atoms with Crippen LogP contribution in [0.3, 0.4) is 0 Å². The Balaban J connectivity index is 1.72. The average molecular weight is 396 g/mol. The molecule has 1 saturated heterocycles. The van der Waals surface area contributed by atoms with Gasteiger partial charge in [-0.3, -0.25) is 9.59 Å². The lowest BCUT2D eigenvalue weighted by atomic mass is 9.81. The molecular weight excluding hydrogens is 366 g/mol. The van der Waals surface area contributed by atoms with Gasteiger partial charge in [0.05, 0.1) is 7.11 Å². The molecule has 1 heterocycles. The van der Waals surface area contributed by atoms with Crippen molar-refractivity contribution in [1.82, 2.24) is 16.0 Å². The lowest BCUT2D eigenvalue weighted by Crippen LogP contribution is -2.46. The zero-order valence-electron chi connectivity index (χ0n) is 17.0. The normalized spacial score (nSPS) is 16.5. The van der Waals surface area contributed by atoms with E-state index in [1.807, 2.05) is 30.3 Å². The number of methoxy groups -OCH3 is 1. The minimum atomic E-state index is -0.754. The van der Waals surface area contributed by atoms with Crippen molar-refractivity contribution < 1.29 is 14.3 Å². The first-order valence-electron chi connectivity index (χ1n) is 9.99. The topological polar surface area (TPSA) is 79.5 Å². The van der Waals surface area contributed by atoms with E-state index in [-0.39, 0.29) is 17.2 Å². The maximum Gasteiger partial charge on any atom is 0.252 e. The smallest absolute Gasteiger partial charge is 0.252 e. The lowest BCUT2D eigenvalue weighted by Gasteiger charge is -2.34. The first-order chi connectivity index (χ1) is 14.0. The predicted molar refractivity (Wildman–Crippen MR) is 113 cm³/mol. The minimum absolute atomic E-state index is 0.0716. The molecule has 1 unspecified atom stereocenters. The predicted octanol–water partition coefficient (Wildman–Crippen LogP) is 2.67. The molecule has 6 heteroatoms. The van der Waals surface area contributed by atoms with Gasteiger partial charge in [-0.25, -0.2) is 0 Å². The van der Waals surface area contributed by atoms with Gasteiger partial charge in [-0.05, 0) is 61.2 Å². The van der Waals surface area contributed by atoms with E-state index in [1.165, 1.54) is 0 Å². The summed E-state index contributed by atoms with van der Waals surface area (Å²) in [5.41, 5.74) is 1.30. The molecule has 29 heavy (non-hydrogen) atoms. The largest absolute Gasteiger partial charge is 0.497 e. The monoisotopic (exact) mass is 395 g/mol. The molecule has 6 nitrogen and oxygen atoms in total. The number of carbonyl (C=O) groups is 2. The second kappa shape index (κ2) is 9.56. The molecule has 2 aromatic rings. The Kier molecular flexibility index (Phi) is 6.88. The molecule has 1 aliphatic heterocycles. The van der Waals surface area contributed by atoms with Crippen LogP contribution >= 0.6 is 0 Å². The summed E-state index contributed by atoms with van der Waals surface area (Å²) in [6.45, 7) is 4.71. The van der Waals surface area contributed by atoms with E-state index in [9.17, 15) is 9.59 Å². The van der Waals surface area contributed by atoms with Crippen molar-refractivity contribution in [3.05, 3.63) is 65.7 Å². The highest BCUT2D eigenvalue weighted by atomic mass is 16.5. The highest BCUT2D eigenvalue weighted by Gasteiger charge is 2.29. The van der Waals surface area contributed by atoms with Crippen LogP contribution in [0, 0.1) is 5.41 Å². The van der Waals surface area contributed by atoms with Crippen LogP contribution in [-0.4, -0.2) is 38.6 Å². The van der Waals surface area contributed by atoms with E-state index in [4.69, 9.17) is 4.74 Å². The molecule has 3 N–H and O–H groups in total. The third kappa shape index (κ3) is 5.57. The zero-order chi connectivity index (χ0) is 20.7. The van der Waals surface area contributed by atoms with E-state index >= 15 is 0 Å². The van der Waals surface area contributed by atoms with Gasteiger partial charge in [-0.1, -0.05) is 37.3 Å². The fraction of sp³-hybridized carbons (Fsp3) is 0.391. The van der Waals surface area contributed by atoms with E-state index < -0.39 is 6.04 Å². The van der Waals surface area contributed by atoms with E-state index in [0.717, 1.165) is 31.5 Å². The SMILES string of the molecule is COc1ccc(C(=O)NC(C(=O)NCC2(C)CCNCC2)c2ccccc2)cc1. The molecule has 1 aliphatic rings. The summed E-state index contributed by atoms with van der Waals surface area (Å²) < 4.78 is 5.14. The van der Waals surface area contributed by atoms with Crippen molar-refractivity contribution in [2.75, 3.05) is 26.7 Å². The van der Waals surface area contributed by atoms with E-state index in [2.05, 4.69) is 22.9 Å². The summed E-state index contributed by atoms with van der Waals surface area (Å²) in [4.78, 5) is 25.8. The number of amides is 2. The fourth-order valence-corrected chi connectivity index (χ4v) is 3.51. The number of nitrogens with one attached hydrogen (secondary N) is 3. The van der Waals surface area contributed by atoms with Crippen LogP contribution in [0.15, 0.2) is 54.6 Å². The lowest BCUT2D eigenvalue weighted by molar-refractivity contribution is -0.123. The number of hydrogen-bond acceptors (Lipinski definition) is 4. The fourth-order valence-electron chi connectivity index (χ4n) is 3.51. The number of hydrogen-bond donors (Lipinski definition) is 3. The molecule has 0 aliphatic carbocycles. The molecule has 0 bridgehead atoms. The van der Waals surface area contributed by atoms with Crippen LogP contribution in [0.4, 0.5) is 0 Å². The highest BCUT2D eigenvalue weighted by Crippen LogP contribution is 2.27. The molecule has 0 aromatic heterocycles. The number of piperidine rings is 1. The second-order valence-corrected chi connectivity index (χ2v) is 7.82. The molecule has 2 aromatic carbocycles. The third-order valence-electron chi connectivity index (χ3n) is 5.52. The van der Waals surface area contributed by atoms with Gasteiger partial charge in [-0.2, -0.15) is 0 Å². The van der Waals surface area contributed by atoms with Crippen molar-refractivity contribution in [2.24, 2.45) is 5.41 Å². The molecule has 154 valence electrons. The van der Waals surface area contributed by atoms with Crippen molar-refractivity contribution >= 4 is 11.8 Å².